The molecule has 0 unspecified atom stereocenters. The van der Waals surface area contributed by atoms with Crippen molar-refractivity contribution in [1.82, 2.24) is 0 Å². The van der Waals surface area contributed by atoms with Crippen LogP contribution in [0.1, 0.15) is 11.6 Å². The van der Waals surface area contributed by atoms with E-state index in [9.17, 15) is 17.6 Å². The minimum atomic E-state index is -3.81. The maximum absolute atomic E-state index is 13.1. The normalized spacial score (nSPS) is 13.9. The van der Waals surface area contributed by atoms with Gasteiger partial charge in [-0.1, -0.05) is 0 Å². The van der Waals surface area contributed by atoms with E-state index < -0.39 is 41.5 Å². The third-order valence-electron chi connectivity index (χ3n) is 2.05. The van der Waals surface area contributed by atoms with Crippen LogP contribution >= 0.6 is 0 Å². The average molecular weight is 239 g/mol. The number of hydrogen-bond donors (Lipinski definition) is 3. The first-order valence-electron chi connectivity index (χ1n) is 4.21. The fraction of sp³-hybridized carbons (Fsp3) is 0.333. The highest BCUT2D eigenvalue weighted by Gasteiger charge is 2.40. The third kappa shape index (κ3) is 2.25. The number of halogens is 4. The molecule has 0 radical (unpaired) electrons. The lowest BCUT2D eigenvalue weighted by atomic mass is 10.00. The van der Waals surface area contributed by atoms with Crippen LogP contribution in [0.3, 0.4) is 0 Å². The summed E-state index contributed by atoms with van der Waals surface area (Å²) in [6.45, 7) is -1.61. The second-order valence-electron chi connectivity index (χ2n) is 3.22. The van der Waals surface area contributed by atoms with Crippen molar-refractivity contribution in [3.63, 3.8) is 0 Å². The van der Waals surface area contributed by atoms with E-state index in [1.807, 2.05) is 0 Å². The number of aliphatic hydroxyl groups excluding tert-OH is 1. The second kappa shape index (κ2) is 4.26. The molecule has 4 N–H and O–H groups in total. The molecule has 0 aliphatic carbocycles. The second-order valence-corrected chi connectivity index (χ2v) is 3.22. The Labute approximate surface area is 88.1 Å². The predicted octanol–water partition coefficient (Wildman–Crippen LogP) is 1.30. The van der Waals surface area contributed by atoms with Crippen molar-refractivity contribution in [3.8, 4) is 5.75 Å². The van der Waals surface area contributed by atoms with Crippen molar-refractivity contribution in [2.24, 2.45) is 5.73 Å². The van der Waals surface area contributed by atoms with E-state index in [0.29, 0.717) is 12.1 Å². The fourth-order valence-electron chi connectivity index (χ4n) is 1.19. The van der Waals surface area contributed by atoms with E-state index in [0.717, 1.165) is 0 Å². The van der Waals surface area contributed by atoms with Crippen LogP contribution in [0, 0.1) is 11.6 Å². The van der Waals surface area contributed by atoms with E-state index in [1.165, 1.54) is 0 Å². The van der Waals surface area contributed by atoms with Crippen molar-refractivity contribution < 1.29 is 27.8 Å². The molecular formula is C9H9F4NO2. The average Bonchev–Trinajstić information content (AvgIpc) is 2.15. The monoisotopic (exact) mass is 239 g/mol. The summed E-state index contributed by atoms with van der Waals surface area (Å²) in [5.41, 5.74) is 4.07. The number of alkyl halides is 2. The van der Waals surface area contributed by atoms with Crippen molar-refractivity contribution in [2.75, 3.05) is 6.61 Å². The van der Waals surface area contributed by atoms with Gasteiger partial charge in [-0.3, -0.25) is 0 Å². The topological polar surface area (TPSA) is 66.5 Å². The smallest absolute Gasteiger partial charge is 0.289 e. The lowest BCUT2D eigenvalue weighted by molar-refractivity contribution is -0.0723. The molecule has 0 fully saturated rings. The highest BCUT2D eigenvalue weighted by Crippen LogP contribution is 2.35. The van der Waals surface area contributed by atoms with Gasteiger partial charge in [0.05, 0.1) is 5.56 Å². The quantitative estimate of drug-likeness (QED) is 0.696. The number of phenolic OH excluding ortho intramolecular Hbond substituents is 1. The van der Waals surface area contributed by atoms with E-state index in [4.69, 9.17) is 15.9 Å². The SMILES string of the molecule is N[C@H](c1c(O)cc(F)cc1F)C(F)(F)CO. The van der Waals surface area contributed by atoms with E-state index in [1.54, 1.807) is 0 Å². The zero-order valence-corrected chi connectivity index (χ0v) is 7.92. The minimum Gasteiger partial charge on any atom is -0.507 e. The number of aliphatic hydroxyl groups is 1. The standard InChI is InChI=1S/C9H9F4NO2/c10-4-1-5(11)7(6(16)2-4)8(14)9(12,13)3-15/h1-2,8,15-16H,3,14H2/t8-/m1/s1. The Kier molecular flexibility index (Phi) is 3.39. The maximum atomic E-state index is 13.1. The van der Waals surface area contributed by atoms with Gasteiger partial charge < -0.3 is 15.9 Å². The van der Waals surface area contributed by atoms with Crippen molar-refractivity contribution in [3.05, 3.63) is 29.3 Å². The molecule has 90 valence electrons. The van der Waals surface area contributed by atoms with Crippen LogP contribution in [0.5, 0.6) is 5.75 Å². The van der Waals surface area contributed by atoms with Gasteiger partial charge in [-0.15, -0.1) is 0 Å². The molecule has 1 aromatic carbocycles. The first-order chi connectivity index (χ1) is 7.29. The number of benzene rings is 1. The van der Waals surface area contributed by atoms with Crippen LogP contribution in [0.2, 0.25) is 0 Å². The van der Waals surface area contributed by atoms with Gasteiger partial charge in [-0.2, -0.15) is 0 Å². The Bertz CT molecular complexity index is 374. The van der Waals surface area contributed by atoms with E-state index >= 15 is 0 Å². The van der Waals surface area contributed by atoms with Crippen molar-refractivity contribution in [2.45, 2.75) is 12.0 Å². The molecule has 0 bridgehead atoms. The van der Waals surface area contributed by atoms with Crippen LogP contribution in [-0.4, -0.2) is 22.7 Å². The molecule has 0 amide bonds. The molecule has 0 spiro atoms. The predicted molar refractivity (Wildman–Crippen MR) is 47.0 cm³/mol. The zero-order chi connectivity index (χ0) is 12.5. The number of aromatic hydroxyl groups is 1. The van der Waals surface area contributed by atoms with Crippen LogP contribution < -0.4 is 5.73 Å². The van der Waals surface area contributed by atoms with Gasteiger partial charge >= 0.3 is 0 Å². The summed E-state index contributed by atoms with van der Waals surface area (Å²) in [5, 5.41) is 17.5. The molecule has 3 nitrogen and oxygen atoms in total. The van der Waals surface area contributed by atoms with Crippen LogP contribution in [-0.2, 0) is 0 Å². The first kappa shape index (κ1) is 12.7. The summed E-state index contributed by atoms with van der Waals surface area (Å²) in [6.07, 6.45) is 0. The van der Waals surface area contributed by atoms with Crippen molar-refractivity contribution >= 4 is 0 Å². The Morgan fingerprint density at radius 1 is 1.31 bits per heavy atom. The van der Waals surface area contributed by atoms with Crippen LogP contribution in [0.4, 0.5) is 17.6 Å². The lowest BCUT2D eigenvalue weighted by Gasteiger charge is -2.22. The molecule has 0 aromatic heterocycles. The molecule has 0 aliphatic rings. The van der Waals surface area contributed by atoms with Gasteiger partial charge in [-0.05, 0) is 0 Å². The zero-order valence-electron chi connectivity index (χ0n) is 7.92. The van der Waals surface area contributed by atoms with E-state index in [-0.39, 0.29) is 0 Å². The molecular weight excluding hydrogens is 230 g/mol. The molecule has 7 heteroatoms. The largest absolute Gasteiger partial charge is 0.507 e. The Balaban J connectivity index is 3.24. The van der Waals surface area contributed by atoms with Crippen LogP contribution in [0.15, 0.2) is 12.1 Å². The molecule has 0 saturated heterocycles. The summed E-state index contributed by atoms with van der Waals surface area (Å²) in [4.78, 5) is 0. The van der Waals surface area contributed by atoms with Gasteiger partial charge in [0.25, 0.3) is 5.92 Å². The van der Waals surface area contributed by atoms with E-state index in [2.05, 4.69) is 0 Å². The van der Waals surface area contributed by atoms with Crippen LogP contribution in [0.25, 0.3) is 0 Å². The molecule has 1 atom stereocenters. The van der Waals surface area contributed by atoms with Crippen molar-refractivity contribution in [1.29, 1.82) is 0 Å². The summed E-state index contributed by atoms with van der Waals surface area (Å²) in [7, 11) is 0. The minimum absolute atomic E-state index is 0.322. The molecule has 16 heavy (non-hydrogen) atoms. The number of hydrogen-bond acceptors (Lipinski definition) is 3. The molecule has 0 aliphatic heterocycles. The highest BCUT2D eigenvalue weighted by atomic mass is 19.3. The number of rotatable bonds is 3. The van der Waals surface area contributed by atoms with Gasteiger partial charge in [0, 0.05) is 12.1 Å². The third-order valence-corrected chi connectivity index (χ3v) is 2.05. The van der Waals surface area contributed by atoms with Gasteiger partial charge in [-0.25, -0.2) is 17.6 Å². The highest BCUT2D eigenvalue weighted by molar-refractivity contribution is 5.37. The summed E-state index contributed by atoms with van der Waals surface area (Å²) in [5.74, 6) is -7.33. The lowest BCUT2D eigenvalue weighted by Crippen LogP contribution is -2.36. The van der Waals surface area contributed by atoms with Gasteiger partial charge in [0.15, 0.2) is 0 Å². The molecule has 1 aromatic rings. The Hall–Kier alpha value is -1.34. The summed E-state index contributed by atoms with van der Waals surface area (Å²) in [6, 6.07) is -1.47. The molecule has 0 heterocycles. The molecule has 0 saturated carbocycles. The Morgan fingerprint density at radius 2 is 1.88 bits per heavy atom. The molecule has 1 rings (SSSR count). The Morgan fingerprint density at radius 3 is 2.31 bits per heavy atom. The fourth-order valence-corrected chi connectivity index (χ4v) is 1.19. The first-order valence-corrected chi connectivity index (χ1v) is 4.21. The van der Waals surface area contributed by atoms with Gasteiger partial charge in [0.2, 0.25) is 0 Å². The number of phenols is 1. The maximum Gasteiger partial charge on any atom is 0.289 e. The summed E-state index contributed by atoms with van der Waals surface area (Å²) >= 11 is 0. The summed E-state index contributed by atoms with van der Waals surface area (Å²) < 4.78 is 51.6. The van der Waals surface area contributed by atoms with Gasteiger partial charge in [0.1, 0.15) is 30.0 Å². The number of nitrogens with two attached hydrogens (primary N) is 1.